The molecule has 2 aliphatic heterocycles. The third-order valence-corrected chi connectivity index (χ3v) is 10.0. The molecule has 0 spiro atoms. The Morgan fingerprint density at radius 3 is 2.43 bits per heavy atom. The Labute approximate surface area is 317 Å². The van der Waals surface area contributed by atoms with E-state index in [2.05, 4.69) is 11.4 Å². The van der Waals surface area contributed by atoms with Gasteiger partial charge in [-0.2, -0.15) is 5.26 Å². The number of hydrogen-bond donors (Lipinski definition) is 1. The summed E-state index contributed by atoms with van der Waals surface area (Å²) in [5, 5.41) is 14.3. The molecule has 2 saturated heterocycles. The number of methoxy groups -OCH3 is 1. The van der Waals surface area contributed by atoms with Gasteiger partial charge in [0.1, 0.15) is 22.8 Å². The highest BCUT2D eigenvalue weighted by Crippen LogP contribution is 2.53. The predicted molar refractivity (Wildman–Crippen MR) is 193 cm³/mol. The maximum Gasteiger partial charge on any atom is 0.413 e. The zero-order valence-corrected chi connectivity index (χ0v) is 31.5. The van der Waals surface area contributed by atoms with Gasteiger partial charge in [-0.1, -0.05) is 68.2 Å². The van der Waals surface area contributed by atoms with Gasteiger partial charge in [0.2, 0.25) is 6.29 Å². The molecular weight excluding hydrogens is 731 g/mol. The minimum absolute atomic E-state index is 0.0239. The molecule has 0 radical (unpaired) electrons. The van der Waals surface area contributed by atoms with Crippen molar-refractivity contribution in [2.45, 2.75) is 70.2 Å². The van der Waals surface area contributed by atoms with Crippen molar-refractivity contribution in [1.82, 2.24) is 10.2 Å². The maximum atomic E-state index is 16.0. The number of hydrogen-bond acceptors (Lipinski definition) is 9. The lowest BCUT2D eigenvalue weighted by molar-refractivity contribution is -0.120. The van der Waals surface area contributed by atoms with E-state index in [0.29, 0.717) is 38.3 Å². The van der Waals surface area contributed by atoms with E-state index in [9.17, 15) is 19.6 Å². The second kappa shape index (κ2) is 16.4. The lowest BCUT2D eigenvalue weighted by atomic mass is 9.62. The van der Waals surface area contributed by atoms with Gasteiger partial charge in [-0.25, -0.2) is 18.4 Å². The first-order chi connectivity index (χ1) is 25.1. The molecule has 14 heteroatoms. The molecule has 2 fully saturated rings. The number of carbonyl (C=O) groups is 3. The van der Waals surface area contributed by atoms with Crippen molar-refractivity contribution < 1.29 is 42.1 Å². The van der Waals surface area contributed by atoms with Crippen molar-refractivity contribution in [3.8, 4) is 11.8 Å². The van der Waals surface area contributed by atoms with Gasteiger partial charge in [0.25, 0.3) is 0 Å². The molecule has 0 bridgehead atoms. The molecule has 53 heavy (non-hydrogen) atoms. The highest BCUT2D eigenvalue weighted by molar-refractivity contribution is 6.31. The van der Waals surface area contributed by atoms with E-state index < -0.39 is 64.6 Å². The van der Waals surface area contributed by atoms with Crippen molar-refractivity contribution in [3.63, 3.8) is 0 Å². The Morgan fingerprint density at radius 2 is 1.79 bits per heavy atom. The SMILES string of the molecule is COc1cc(C(=O)O[C@@H](C)OC(=O)N2CCOCC2)ccc1CC(=O)[C@@H]1N[C@@H](CC(C)(C)C)[C@](C#N)(c2ccc(Cl)cc2F)[C@H]1c1cccc(Cl)c1F. The molecule has 2 heterocycles. The largest absolute Gasteiger partial charge is 0.496 e. The van der Waals surface area contributed by atoms with Crippen LogP contribution in [0.4, 0.5) is 13.6 Å². The van der Waals surface area contributed by atoms with Crippen molar-refractivity contribution in [2.75, 3.05) is 33.4 Å². The van der Waals surface area contributed by atoms with Crippen LogP contribution in [-0.4, -0.2) is 74.5 Å². The molecule has 0 unspecified atom stereocenters. The van der Waals surface area contributed by atoms with Gasteiger partial charge in [-0.15, -0.1) is 0 Å². The number of halogens is 4. The second-order valence-corrected chi connectivity index (χ2v) is 15.2. The van der Waals surface area contributed by atoms with Crippen LogP contribution in [0.1, 0.15) is 67.1 Å². The average molecular weight is 773 g/mol. The summed E-state index contributed by atoms with van der Waals surface area (Å²) in [5.41, 5.74) is -1.80. The summed E-state index contributed by atoms with van der Waals surface area (Å²) >= 11 is 12.4. The van der Waals surface area contributed by atoms with Crippen molar-refractivity contribution in [2.24, 2.45) is 5.41 Å². The number of nitrogens with zero attached hydrogens (tertiary/aromatic N) is 2. The number of rotatable bonds is 10. The summed E-state index contributed by atoms with van der Waals surface area (Å²) in [6.45, 7) is 8.74. The van der Waals surface area contributed by atoms with Gasteiger partial charge in [0.15, 0.2) is 5.78 Å². The maximum absolute atomic E-state index is 16.0. The smallest absolute Gasteiger partial charge is 0.413 e. The Hall–Kier alpha value is -4.28. The zero-order valence-electron chi connectivity index (χ0n) is 30.0. The van der Waals surface area contributed by atoms with Crippen LogP contribution in [0.5, 0.6) is 5.75 Å². The highest BCUT2D eigenvalue weighted by atomic mass is 35.5. The first kappa shape index (κ1) is 39.9. The molecule has 5 atom stereocenters. The standard InChI is InChI=1S/C39H41Cl2F2N3O7/c1-22(53-37(49)46-13-15-51-16-14-46)52-36(48)24-10-9-23(31(18-24)50-5)17-30(47)35-33(26-7-6-8-28(41)34(26)43)39(21-44,32(45-35)20-38(2,3)4)27-12-11-25(40)19-29(27)42/h6-12,18-19,22,32-33,35,45H,13-17,20H2,1-5H3/t22-,32+,33+,35+,39+/m1/s1. The Balaban J connectivity index is 1.47. The van der Waals surface area contributed by atoms with Crippen LogP contribution in [0.15, 0.2) is 54.6 Å². The number of nitriles is 1. The fourth-order valence-corrected chi connectivity index (χ4v) is 7.47. The number of nitrogens with one attached hydrogen (secondary N) is 1. The molecule has 5 rings (SSSR count). The van der Waals surface area contributed by atoms with Crippen molar-refractivity contribution in [3.05, 3.63) is 98.5 Å². The van der Waals surface area contributed by atoms with E-state index in [4.69, 9.17) is 42.1 Å². The van der Waals surface area contributed by atoms with Crippen molar-refractivity contribution >= 4 is 41.0 Å². The van der Waals surface area contributed by atoms with E-state index in [1.54, 1.807) is 0 Å². The summed E-state index contributed by atoms with van der Waals surface area (Å²) in [5.74, 6) is -3.90. The molecule has 0 saturated carbocycles. The van der Waals surface area contributed by atoms with Gasteiger partial charge in [0.05, 0.1) is 43.0 Å². The van der Waals surface area contributed by atoms with Crippen LogP contribution < -0.4 is 10.1 Å². The number of carbonyl (C=O) groups excluding carboxylic acids is 3. The third-order valence-electron chi connectivity index (χ3n) is 9.49. The Morgan fingerprint density at radius 1 is 1.08 bits per heavy atom. The first-order valence-electron chi connectivity index (χ1n) is 17.1. The van der Waals surface area contributed by atoms with Crippen LogP contribution in [0, 0.1) is 28.4 Å². The number of morpholine rings is 1. The summed E-state index contributed by atoms with van der Waals surface area (Å²) in [6.07, 6.45) is -1.80. The van der Waals surface area contributed by atoms with Crippen LogP contribution in [-0.2, 0) is 30.8 Å². The Bertz CT molecular complexity index is 1910. The lowest BCUT2D eigenvalue weighted by Gasteiger charge is -2.37. The molecule has 10 nitrogen and oxygen atoms in total. The van der Waals surface area contributed by atoms with Gasteiger partial charge in [0, 0.05) is 54.5 Å². The fraction of sp³-hybridized carbons (Fsp3) is 0.436. The number of Topliss-reactive ketones (excluding diaryl/α,β-unsaturated/α-hetero) is 1. The van der Waals surface area contributed by atoms with E-state index >= 15 is 8.78 Å². The number of esters is 1. The minimum Gasteiger partial charge on any atom is -0.496 e. The average Bonchev–Trinajstić information content (AvgIpc) is 3.42. The topological polar surface area (TPSA) is 127 Å². The summed E-state index contributed by atoms with van der Waals surface area (Å²) < 4.78 is 53.4. The minimum atomic E-state index is -1.78. The second-order valence-electron chi connectivity index (χ2n) is 14.3. The van der Waals surface area contributed by atoms with Crippen molar-refractivity contribution in [1.29, 1.82) is 5.26 Å². The quantitative estimate of drug-likeness (QED) is 0.166. The monoisotopic (exact) mass is 771 g/mol. The summed E-state index contributed by atoms with van der Waals surface area (Å²) in [4.78, 5) is 41.4. The normalized spacial score (nSPS) is 22.1. The molecule has 3 aromatic rings. The molecule has 3 aromatic carbocycles. The number of ether oxygens (including phenoxy) is 4. The summed E-state index contributed by atoms with van der Waals surface area (Å²) in [7, 11) is 1.37. The highest BCUT2D eigenvalue weighted by Gasteiger charge is 2.61. The number of ketones is 1. The third kappa shape index (κ3) is 8.60. The molecule has 1 N–H and O–H groups in total. The summed E-state index contributed by atoms with van der Waals surface area (Å²) in [6, 6.07) is 13.0. The molecule has 1 amide bonds. The van der Waals surface area contributed by atoms with Crippen LogP contribution >= 0.6 is 23.2 Å². The van der Waals surface area contributed by atoms with Crippen LogP contribution in [0.3, 0.4) is 0 Å². The molecule has 282 valence electrons. The molecular formula is C39H41Cl2F2N3O7. The molecule has 0 aliphatic carbocycles. The molecule has 0 aromatic heterocycles. The Kier molecular flexibility index (Phi) is 12.3. The zero-order chi connectivity index (χ0) is 38.7. The fourth-order valence-electron chi connectivity index (χ4n) is 7.13. The van der Waals surface area contributed by atoms with E-state index in [-0.39, 0.29) is 38.9 Å². The molecule has 2 aliphatic rings. The van der Waals surface area contributed by atoms with Gasteiger partial charge < -0.3 is 29.2 Å². The van der Waals surface area contributed by atoms with Crippen LogP contribution in [0.25, 0.3) is 0 Å². The van der Waals surface area contributed by atoms with Gasteiger partial charge in [-0.3, -0.25) is 4.79 Å². The van der Waals surface area contributed by atoms with Gasteiger partial charge >= 0.3 is 12.1 Å². The lowest BCUT2D eigenvalue weighted by Crippen LogP contribution is -2.44. The van der Waals surface area contributed by atoms with Crippen LogP contribution in [0.2, 0.25) is 10.0 Å². The van der Waals surface area contributed by atoms with Gasteiger partial charge in [-0.05, 0) is 47.7 Å². The predicted octanol–water partition coefficient (Wildman–Crippen LogP) is 7.39. The van der Waals surface area contributed by atoms with E-state index in [0.717, 1.165) is 6.07 Å². The number of benzene rings is 3. The van der Waals surface area contributed by atoms with E-state index in [1.807, 2.05) is 20.8 Å². The number of amides is 1. The first-order valence-corrected chi connectivity index (χ1v) is 17.9. The van der Waals surface area contributed by atoms with E-state index in [1.165, 1.54) is 67.5 Å².